The van der Waals surface area contributed by atoms with E-state index in [1.54, 1.807) is 31.6 Å². The fraction of sp³-hybridized carbons (Fsp3) is 0.450. The Balaban J connectivity index is 1.46. The number of hydrogen-bond donors (Lipinski definition) is 1. The quantitative estimate of drug-likeness (QED) is 0.806. The smallest absolute Gasteiger partial charge is 0.251 e. The van der Waals surface area contributed by atoms with Crippen molar-refractivity contribution in [2.24, 2.45) is 0 Å². The summed E-state index contributed by atoms with van der Waals surface area (Å²) in [4.78, 5) is 20.7. The molecule has 0 atom stereocenters. The SMILES string of the molecule is CCOc1ccc(C(=O)NC2CCC(Oc3cncc(OC)n3)CC2)cc1. The van der Waals surface area contributed by atoms with Gasteiger partial charge in [-0.2, -0.15) is 4.98 Å². The predicted molar refractivity (Wildman–Crippen MR) is 100 cm³/mol. The molecule has 7 nitrogen and oxygen atoms in total. The Bertz CT molecular complexity index is 743. The molecule has 0 unspecified atom stereocenters. The third-order valence-electron chi connectivity index (χ3n) is 4.52. The van der Waals surface area contributed by atoms with Crippen molar-refractivity contribution < 1.29 is 19.0 Å². The van der Waals surface area contributed by atoms with Gasteiger partial charge in [-0.1, -0.05) is 0 Å². The Morgan fingerprint density at radius 2 is 1.81 bits per heavy atom. The molecular formula is C20H25N3O4. The highest BCUT2D eigenvalue weighted by molar-refractivity contribution is 5.94. The van der Waals surface area contributed by atoms with E-state index in [9.17, 15) is 4.79 Å². The van der Waals surface area contributed by atoms with Crippen LogP contribution >= 0.6 is 0 Å². The zero-order valence-electron chi connectivity index (χ0n) is 15.7. The number of nitrogens with zero attached hydrogens (tertiary/aromatic N) is 2. The zero-order valence-corrected chi connectivity index (χ0v) is 15.7. The monoisotopic (exact) mass is 371 g/mol. The third kappa shape index (κ3) is 5.32. The Morgan fingerprint density at radius 1 is 1.11 bits per heavy atom. The highest BCUT2D eigenvalue weighted by atomic mass is 16.5. The molecule has 1 N–H and O–H groups in total. The zero-order chi connectivity index (χ0) is 19.1. The van der Waals surface area contributed by atoms with Gasteiger partial charge < -0.3 is 19.5 Å². The lowest BCUT2D eigenvalue weighted by Crippen LogP contribution is -2.39. The third-order valence-corrected chi connectivity index (χ3v) is 4.52. The summed E-state index contributed by atoms with van der Waals surface area (Å²) < 4.78 is 16.4. The van der Waals surface area contributed by atoms with E-state index < -0.39 is 0 Å². The molecule has 1 amide bonds. The number of methoxy groups -OCH3 is 1. The number of hydrogen-bond acceptors (Lipinski definition) is 6. The van der Waals surface area contributed by atoms with Crippen molar-refractivity contribution in [1.82, 2.24) is 15.3 Å². The van der Waals surface area contributed by atoms with Crippen molar-refractivity contribution in [2.75, 3.05) is 13.7 Å². The van der Waals surface area contributed by atoms with Crippen LogP contribution in [0.3, 0.4) is 0 Å². The predicted octanol–water partition coefficient (Wildman–Crippen LogP) is 3.00. The van der Waals surface area contributed by atoms with Gasteiger partial charge >= 0.3 is 0 Å². The van der Waals surface area contributed by atoms with Crippen molar-refractivity contribution in [3.63, 3.8) is 0 Å². The van der Waals surface area contributed by atoms with Crippen LogP contribution in [0.25, 0.3) is 0 Å². The van der Waals surface area contributed by atoms with Crippen LogP contribution in [0.5, 0.6) is 17.5 Å². The number of rotatable bonds is 7. The first-order valence-corrected chi connectivity index (χ1v) is 9.24. The van der Waals surface area contributed by atoms with Gasteiger partial charge in [-0.15, -0.1) is 0 Å². The van der Waals surface area contributed by atoms with Gasteiger partial charge in [0.1, 0.15) is 11.9 Å². The lowest BCUT2D eigenvalue weighted by Gasteiger charge is -2.29. The standard InChI is InChI=1S/C20H25N3O4/c1-3-26-16-8-4-14(5-9-16)20(24)22-15-6-10-17(11-7-15)27-19-13-21-12-18(23-19)25-2/h4-5,8-9,12-13,15,17H,3,6-7,10-11H2,1-2H3,(H,22,24). The Hall–Kier alpha value is -2.83. The van der Waals surface area contributed by atoms with Gasteiger partial charge in [-0.25, -0.2) is 0 Å². The molecule has 1 aromatic heterocycles. The largest absolute Gasteiger partial charge is 0.494 e. The van der Waals surface area contributed by atoms with Crippen LogP contribution in [0.4, 0.5) is 0 Å². The minimum Gasteiger partial charge on any atom is -0.494 e. The van der Waals surface area contributed by atoms with E-state index in [0.29, 0.717) is 23.9 Å². The Kier molecular flexibility index (Phi) is 6.46. The van der Waals surface area contributed by atoms with Gasteiger partial charge in [0.15, 0.2) is 0 Å². The number of amides is 1. The van der Waals surface area contributed by atoms with Crippen LogP contribution in [0, 0.1) is 0 Å². The number of benzene rings is 1. The lowest BCUT2D eigenvalue weighted by atomic mass is 9.92. The fourth-order valence-corrected chi connectivity index (χ4v) is 3.12. The number of nitrogens with one attached hydrogen (secondary N) is 1. The summed E-state index contributed by atoms with van der Waals surface area (Å²) >= 11 is 0. The molecule has 27 heavy (non-hydrogen) atoms. The number of carbonyl (C=O) groups is 1. The van der Waals surface area contributed by atoms with Gasteiger partial charge in [-0.05, 0) is 56.9 Å². The summed E-state index contributed by atoms with van der Waals surface area (Å²) in [7, 11) is 1.55. The van der Waals surface area contributed by atoms with E-state index in [1.807, 2.05) is 19.1 Å². The van der Waals surface area contributed by atoms with Gasteiger partial charge in [0, 0.05) is 11.6 Å². The van der Waals surface area contributed by atoms with Crippen molar-refractivity contribution in [3.8, 4) is 17.5 Å². The van der Waals surface area contributed by atoms with Gasteiger partial charge in [0.2, 0.25) is 11.8 Å². The average Bonchev–Trinajstić information content (AvgIpc) is 2.70. The maximum Gasteiger partial charge on any atom is 0.251 e. The number of aromatic nitrogens is 2. The number of ether oxygens (including phenoxy) is 3. The van der Waals surface area contributed by atoms with Crippen molar-refractivity contribution in [3.05, 3.63) is 42.2 Å². The summed E-state index contributed by atoms with van der Waals surface area (Å²) in [5.74, 6) is 1.62. The minimum atomic E-state index is -0.0546. The topological polar surface area (TPSA) is 82.6 Å². The Morgan fingerprint density at radius 3 is 2.48 bits per heavy atom. The molecule has 3 rings (SSSR count). The summed E-state index contributed by atoms with van der Waals surface area (Å²) in [6.45, 7) is 2.54. The fourth-order valence-electron chi connectivity index (χ4n) is 3.12. The molecule has 7 heteroatoms. The van der Waals surface area contributed by atoms with Crippen LogP contribution in [0.1, 0.15) is 43.0 Å². The van der Waals surface area contributed by atoms with Crippen molar-refractivity contribution in [1.29, 1.82) is 0 Å². The molecular weight excluding hydrogens is 346 g/mol. The molecule has 1 aliphatic carbocycles. The molecule has 1 heterocycles. The van der Waals surface area contributed by atoms with Gasteiger partial charge in [0.25, 0.3) is 5.91 Å². The summed E-state index contributed by atoms with van der Waals surface area (Å²) in [6, 6.07) is 7.37. The first-order chi connectivity index (χ1) is 13.2. The molecule has 1 saturated carbocycles. The van der Waals surface area contributed by atoms with Crippen LogP contribution in [-0.2, 0) is 0 Å². The maximum atomic E-state index is 12.4. The Labute approximate surface area is 159 Å². The van der Waals surface area contributed by atoms with Crippen LogP contribution in [0.15, 0.2) is 36.7 Å². The molecule has 1 aliphatic rings. The van der Waals surface area contributed by atoms with Gasteiger partial charge in [0.05, 0.1) is 26.1 Å². The molecule has 0 radical (unpaired) electrons. The van der Waals surface area contributed by atoms with Crippen LogP contribution in [-0.4, -0.2) is 41.7 Å². The molecule has 0 saturated heterocycles. The van der Waals surface area contributed by atoms with E-state index >= 15 is 0 Å². The first kappa shape index (κ1) is 18.9. The molecule has 0 bridgehead atoms. The molecule has 0 spiro atoms. The van der Waals surface area contributed by atoms with Crippen molar-refractivity contribution >= 4 is 5.91 Å². The minimum absolute atomic E-state index is 0.0546. The molecule has 1 fully saturated rings. The second-order valence-corrected chi connectivity index (χ2v) is 6.42. The van der Waals surface area contributed by atoms with E-state index in [4.69, 9.17) is 14.2 Å². The summed E-state index contributed by atoms with van der Waals surface area (Å²) in [6.07, 6.45) is 6.64. The normalized spacial score (nSPS) is 19.2. The van der Waals surface area contributed by atoms with E-state index in [0.717, 1.165) is 31.4 Å². The molecule has 1 aromatic carbocycles. The van der Waals surface area contributed by atoms with Crippen LogP contribution in [0.2, 0.25) is 0 Å². The average molecular weight is 371 g/mol. The highest BCUT2D eigenvalue weighted by Crippen LogP contribution is 2.24. The second kappa shape index (κ2) is 9.21. The highest BCUT2D eigenvalue weighted by Gasteiger charge is 2.24. The lowest BCUT2D eigenvalue weighted by molar-refractivity contribution is 0.0889. The molecule has 144 valence electrons. The van der Waals surface area contributed by atoms with E-state index in [1.165, 1.54) is 0 Å². The molecule has 2 aromatic rings. The summed E-state index contributed by atoms with van der Waals surface area (Å²) in [5.41, 5.74) is 0.642. The van der Waals surface area contributed by atoms with E-state index in [2.05, 4.69) is 15.3 Å². The first-order valence-electron chi connectivity index (χ1n) is 9.24. The molecule has 0 aliphatic heterocycles. The van der Waals surface area contributed by atoms with Gasteiger partial charge in [-0.3, -0.25) is 9.78 Å². The van der Waals surface area contributed by atoms with E-state index in [-0.39, 0.29) is 18.1 Å². The summed E-state index contributed by atoms with van der Waals surface area (Å²) in [5, 5.41) is 3.11. The maximum absolute atomic E-state index is 12.4. The number of carbonyl (C=O) groups excluding carboxylic acids is 1. The van der Waals surface area contributed by atoms with Crippen molar-refractivity contribution in [2.45, 2.75) is 44.8 Å². The second-order valence-electron chi connectivity index (χ2n) is 6.42. The van der Waals surface area contributed by atoms with Crippen LogP contribution < -0.4 is 19.5 Å².